The van der Waals surface area contributed by atoms with E-state index in [-0.39, 0.29) is 11.2 Å². The van der Waals surface area contributed by atoms with Crippen LogP contribution < -0.4 is 4.74 Å². The largest absolute Gasteiger partial charge is 0.497 e. The fourth-order valence-corrected chi connectivity index (χ4v) is 4.51. The number of aromatic nitrogens is 4. The normalized spacial score (nSPS) is 15.4. The zero-order valence-corrected chi connectivity index (χ0v) is 17.6. The predicted molar refractivity (Wildman–Crippen MR) is 113 cm³/mol. The zero-order chi connectivity index (χ0) is 20.2. The van der Waals surface area contributed by atoms with E-state index in [1.54, 1.807) is 11.6 Å². The van der Waals surface area contributed by atoms with Crippen molar-refractivity contribution in [2.45, 2.75) is 42.9 Å². The molecule has 0 saturated carbocycles. The van der Waals surface area contributed by atoms with Gasteiger partial charge in [0.15, 0.2) is 11.5 Å². The van der Waals surface area contributed by atoms with Crippen molar-refractivity contribution in [3.8, 4) is 17.1 Å². The summed E-state index contributed by atoms with van der Waals surface area (Å²) in [5, 5.41) is 13.9. The highest BCUT2D eigenvalue weighted by atomic mass is 32.2. The van der Waals surface area contributed by atoms with E-state index in [9.17, 15) is 4.79 Å². The molecule has 0 radical (unpaired) electrons. The number of fused-ring (bicyclic) bond motifs is 1. The molecule has 1 atom stereocenters. The van der Waals surface area contributed by atoms with Crippen LogP contribution in [0.2, 0.25) is 0 Å². The molecule has 0 aliphatic carbocycles. The van der Waals surface area contributed by atoms with E-state index in [1.807, 2.05) is 41.3 Å². The highest BCUT2D eigenvalue weighted by Gasteiger charge is 2.26. The molecule has 8 heteroatoms. The standard InChI is InChI=1S/C21H25N5O2S/c1-3-17(21(27)25-13-5-4-6-14-25)29-19-12-11-18-22-23-20(26(18)24-19)15-7-9-16(28-2)10-8-15/h7-12,17H,3-6,13-14H2,1-2H3/t17-/m1/s1. The Balaban J connectivity index is 1.58. The molecular formula is C21H25N5O2S. The molecule has 1 saturated heterocycles. The summed E-state index contributed by atoms with van der Waals surface area (Å²) in [4.78, 5) is 14.9. The number of methoxy groups -OCH3 is 1. The highest BCUT2D eigenvalue weighted by Crippen LogP contribution is 2.28. The molecule has 3 aromatic rings. The van der Waals surface area contributed by atoms with Gasteiger partial charge in [-0.2, -0.15) is 9.61 Å². The van der Waals surface area contributed by atoms with Gasteiger partial charge in [-0.15, -0.1) is 10.2 Å². The van der Waals surface area contributed by atoms with Crippen LogP contribution >= 0.6 is 11.8 Å². The summed E-state index contributed by atoms with van der Waals surface area (Å²) in [6.07, 6.45) is 4.19. The van der Waals surface area contributed by atoms with E-state index in [0.717, 1.165) is 48.7 Å². The van der Waals surface area contributed by atoms with Crippen molar-refractivity contribution in [1.29, 1.82) is 0 Å². The Morgan fingerprint density at radius 1 is 1.10 bits per heavy atom. The minimum absolute atomic E-state index is 0.126. The molecule has 1 aliphatic heterocycles. The fraction of sp³-hybridized carbons (Fsp3) is 0.429. The molecule has 1 amide bonds. The number of piperidine rings is 1. The fourth-order valence-electron chi connectivity index (χ4n) is 3.53. The van der Waals surface area contributed by atoms with Crippen molar-refractivity contribution in [3.05, 3.63) is 36.4 Å². The number of amides is 1. The number of thioether (sulfide) groups is 1. The average molecular weight is 412 g/mol. The summed E-state index contributed by atoms with van der Waals surface area (Å²) < 4.78 is 6.96. The first kappa shape index (κ1) is 19.7. The molecule has 1 aromatic carbocycles. The van der Waals surface area contributed by atoms with Crippen molar-refractivity contribution < 1.29 is 9.53 Å². The summed E-state index contributed by atoms with van der Waals surface area (Å²) in [7, 11) is 1.64. The first-order valence-electron chi connectivity index (χ1n) is 10.0. The number of nitrogens with zero attached hydrogens (tertiary/aromatic N) is 5. The van der Waals surface area contributed by atoms with Crippen LogP contribution in [-0.2, 0) is 4.79 Å². The summed E-state index contributed by atoms with van der Waals surface area (Å²) in [6.45, 7) is 3.80. The van der Waals surface area contributed by atoms with Crippen molar-refractivity contribution in [3.63, 3.8) is 0 Å². The van der Waals surface area contributed by atoms with Crippen molar-refractivity contribution in [1.82, 2.24) is 24.7 Å². The molecule has 1 fully saturated rings. The van der Waals surface area contributed by atoms with E-state index >= 15 is 0 Å². The van der Waals surface area contributed by atoms with Crippen LogP contribution in [-0.4, -0.2) is 56.1 Å². The second-order valence-corrected chi connectivity index (χ2v) is 8.32. The van der Waals surface area contributed by atoms with E-state index < -0.39 is 0 Å². The third-order valence-corrected chi connectivity index (χ3v) is 6.44. The lowest BCUT2D eigenvalue weighted by atomic mass is 10.1. The van der Waals surface area contributed by atoms with Crippen LogP contribution in [0.5, 0.6) is 5.75 Å². The van der Waals surface area contributed by atoms with Crippen LogP contribution in [0.25, 0.3) is 17.0 Å². The van der Waals surface area contributed by atoms with Crippen molar-refractivity contribution in [2.24, 2.45) is 0 Å². The zero-order valence-electron chi connectivity index (χ0n) is 16.7. The van der Waals surface area contributed by atoms with Gasteiger partial charge in [-0.05, 0) is 62.1 Å². The van der Waals surface area contributed by atoms with Gasteiger partial charge in [0.2, 0.25) is 5.91 Å². The Hall–Kier alpha value is -2.61. The molecule has 0 unspecified atom stereocenters. The molecule has 0 bridgehead atoms. The molecule has 4 rings (SSSR count). The Kier molecular flexibility index (Phi) is 5.99. The Morgan fingerprint density at radius 3 is 2.55 bits per heavy atom. The Bertz CT molecular complexity index is 982. The van der Waals surface area contributed by atoms with Crippen LogP contribution in [0.4, 0.5) is 0 Å². The van der Waals surface area contributed by atoms with Gasteiger partial charge in [0.05, 0.1) is 12.4 Å². The second-order valence-electron chi connectivity index (χ2n) is 7.09. The van der Waals surface area contributed by atoms with E-state index in [4.69, 9.17) is 9.84 Å². The molecule has 29 heavy (non-hydrogen) atoms. The molecule has 1 aliphatic rings. The highest BCUT2D eigenvalue weighted by molar-refractivity contribution is 8.00. The molecule has 7 nitrogen and oxygen atoms in total. The van der Waals surface area contributed by atoms with E-state index in [0.29, 0.717) is 11.5 Å². The van der Waals surface area contributed by atoms with Gasteiger partial charge in [-0.25, -0.2) is 0 Å². The summed E-state index contributed by atoms with van der Waals surface area (Å²) in [6, 6.07) is 11.5. The molecule has 152 valence electrons. The number of rotatable bonds is 6. The Labute approximate surface area is 174 Å². The lowest BCUT2D eigenvalue weighted by Crippen LogP contribution is -2.40. The minimum Gasteiger partial charge on any atom is -0.497 e. The summed E-state index contributed by atoms with van der Waals surface area (Å²) >= 11 is 1.52. The third kappa shape index (κ3) is 4.22. The van der Waals surface area contributed by atoms with Crippen LogP contribution in [0, 0.1) is 0 Å². The maximum atomic E-state index is 12.9. The molecule has 0 spiro atoms. The van der Waals surface area contributed by atoms with Gasteiger partial charge < -0.3 is 9.64 Å². The van der Waals surface area contributed by atoms with Gasteiger partial charge in [-0.3, -0.25) is 4.79 Å². The number of hydrogen-bond donors (Lipinski definition) is 0. The van der Waals surface area contributed by atoms with Crippen LogP contribution in [0.3, 0.4) is 0 Å². The quantitative estimate of drug-likeness (QED) is 0.576. The topological polar surface area (TPSA) is 72.6 Å². The van der Waals surface area contributed by atoms with Crippen LogP contribution in [0.1, 0.15) is 32.6 Å². The molecular weight excluding hydrogens is 386 g/mol. The van der Waals surface area contributed by atoms with E-state index in [1.165, 1.54) is 18.2 Å². The minimum atomic E-state index is -0.126. The third-order valence-electron chi connectivity index (χ3n) is 5.16. The van der Waals surface area contributed by atoms with Crippen molar-refractivity contribution in [2.75, 3.05) is 20.2 Å². The second kappa shape index (κ2) is 8.82. The maximum Gasteiger partial charge on any atom is 0.236 e. The Morgan fingerprint density at radius 2 is 1.86 bits per heavy atom. The van der Waals surface area contributed by atoms with Gasteiger partial charge in [0.25, 0.3) is 0 Å². The lowest BCUT2D eigenvalue weighted by Gasteiger charge is -2.29. The van der Waals surface area contributed by atoms with Gasteiger partial charge in [-0.1, -0.05) is 18.7 Å². The van der Waals surface area contributed by atoms with Gasteiger partial charge in [0.1, 0.15) is 10.8 Å². The molecule has 2 aromatic heterocycles. The number of carbonyl (C=O) groups is 1. The number of carbonyl (C=O) groups excluding carboxylic acids is 1. The first-order chi connectivity index (χ1) is 14.2. The number of likely N-dealkylation sites (tertiary alicyclic amines) is 1. The van der Waals surface area contributed by atoms with Gasteiger partial charge in [0, 0.05) is 18.7 Å². The first-order valence-corrected chi connectivity index (χ1v) is 10.9. The van der Waals surface area contributed by atoms with Crippen molar-refractivity contribution >= 4 is 23.3 Å². The monoisotopic (exact) mass is 411 g/mol. The molecule has 0 N–H and O–H groups in total. The number of ether oxygens (including phenoxy) is 1. The van der Waals surface area contributed by atoms with Gasteiger partial charge >= 0.3 is 0 Å². The maximum absolute atomic E-state index is 12.9. The lowest BCUT2D eigenvalue weighted by molar-refractivity contribution is -0.131. The SMILES string of the molecule is CC[C@@H](Sc1ccc2nnc(-c3ccc(OC)cc3)n2n1)C(=O)N1CCCCC1. The number of benzene rings is 1. The molecule has 3 heterocycles. The smallest absolute Gasteiger partial charge is 0.236 e. The summed E-state index contributed by atoms with van der Waals surface area (Å²) in [5.41, 5.74) is 1.58. The summed E-state index contributed by atoms with van der Waals surface area (Å²) in [5.74, 6) is 1.67. The van der Waals surface area contributed by atoms with E-state index in [2.05, 4.69) is 17.1 Å². The average Bonchev–Trinajstić information content (AvgIpc) is 3.21. The van der Waals surface area contributed by atoms with Crippen LogP contribution in [0.15, 0.2) is 41.4 Å². The predicted octanol–water partition coefficient (Wildman–Crippen LogP) is 3.68. The number of hydrogen-bond acceptors (Lipinski definition) is 6.